The Morgan fingerprint density at radius 1 is 1.22 bits per heavy atom. The minimum atomic E-state index is -0.132. The Hall–Kier alpha value is -2.69. The van der Waals surface area contributed by atoms with Crippen LogP contribution in [0.1, 0.15) is 35.4 Å². The number of benzene rings is 1. The van der Waals surface area contributed by atoms with E-state index >= 15 is 0 Å². The molecule has 2 aromatic rings. The average molecular weight is 309 g/mol. The fraction of sp³-hybridized carbons (Fsp3) is 0.278. The predicted molar refractivity (Wildman–Crippen MR) is 88.2 cm³/mol. The summed E-state index contributed by atoms with van der Waals surface area (Å²) in [5, 5.41) is 2.92. The molecule has 1 aliphatic carbocycles. The Balaban J connectivity index is 1.67. The van der Waals surface area contributed by atoms with Crippen LogP contribution in [0.5, 0.6) is 0 Å². The molecule has 1 unspecified atom stereocenters. The molecule has 118 valence electrons. The molecule has 1 aliphatic rings. The third-order valence-electron chi connectivity index (χ3n) is 4.08. The largest absolute Gasteiger partial charge is 0.331 e. The standard InChI is InChI=1S/C18H19N3O2/c1-21-12-11-19-17(21)16(22)13-7-9-15(10-8-13)20-18(23)14-5-3-2-4-6-14/h2-3,7-12,14H,4-6H2,1H3,(H,20,23). The molecule has 23 heavy (non-hydrogen) atoms. The van der Waals surface area contributed by atoms with Crippen LogP contribution < -0.4 is 5.32 Å². The van der Waals surface area contributed by atoms with Crippen LogP contribution in [-0.2, 0) is 11.8 Å². The van der Waals surface area contributed by atoms with E-state index < -0.39 is 0 Å². The molecule has 0 spiro atoms. The molecule has 0 aliphatic heterocycles. The highest BCUT2D eigenvalue weighted by molar-refractivity contribution is 6.07. The van der Waals surface area contributed by atoms with Crippen LogP contribution in [0.25, 0.3) is 0 Å². The summed E-state index contributed by atoms with van der Waals surface area (Å²) in [6.45, 7) is 0. The molecule has 1 atom stereocenters. The highest BCUT2D eigenvalue weighted by atomic mass is 16.2. The van der Waals surface area contributed by atoms with E-state index in [1.54, 1.807) is 48.3 Å². The monoisotopic (exact) mass is 309 g/mol. The van der Waals surface area contributed by atoms with Gasteiger partial charge in [-0.15, -0.1) is 0 Å². The van der Waals surface area contributed by atoms with Gasteiger partial charge in [0.15, 0.2) is 5.82 Å². The summed E-state index contributed by atoms with van der Waals surface area (Å²) in [6.07, 6.45) is 10.1. The van der Waals surface area contributed by atoms with Crippen molar-refractivity contribution >= 4 is 17.4 Å². The SMILES string of the molecule is Cn1ccnc1C(=O)c1ccc(NC(=O)C2CC=CCC2)cc1. The van der Waals surface area contributed by atoms with E-state index in [-0.39, 0.29) is 17.6 Å². The molecule has 1 N–H and O–H groups in total. The van der Waals surface area contributed by atoms with Gasteiger partial charge in [0.1, 0.15) is 0 Å². The van der Waals surface area contributed by atoms with Gasteiger partial charge in [-0.1, -0.05) is 12.2 Å². The van der Waals surface area contributed by atoms with Crippen molar-refractivity contribution in [3.63, 3.8) is 0 Å². The number of rotatable bonds is 4. The molecule has 0 bridgehead atoms. The molecule has 1 amide bonds. The van der Waals surface area contributed by atoms with Crippen LogP contribution in [0.15, 0.2) is 48.8 Å². The maximum Gasteiger partial charge on any atom is 0.228 e. The summed E-state index contributed by atoms with van der Waals surface area (Å²) in [7, 11) is 1.79. The summed E-state index contributed by atoms with van der Waals surface area (Å²) in [6, 6.07) is 6.94. The van der Waals surface area contributed by atoms with E-state index in [2.05, 4.69) is 22.5 Å². The van der Waals surface area contributed by atoms with Gasteiger partial charge in [0.25, 0.3) is 0 Å². The molecule has 0 radical (unpaired) electrons. The molecule has 0 saturated carbocycles. The third-order valence-corrected chi connectivity index (χ3v) is 4.08. The number of amides is 1. The lowest BCUT2D eigenvalue weighted by atomic mass is 9.93. The first kappa shape index (κ1) is 15.2. The van der Waals surface area contributed by atoms with Crippen molar-refractivity contribution in [1.82, 2.24) is 9.55 Å². The summed E-state index contributed by atoms with van der Waals surface area (Å²) >= 11 is 0. The summed E-state index contributed by atoms with van der Waals surface area (Å²) < 4.78 is 1.69. The number of ketones is 1. The maximum absolute atomic E-state index is 12.3. The first-order valence-corrected chi connectivity index (χ1v) is 7.73. The summed E-state index contributed by atoms with van der Waals surface area (Å²) in [5.41, 5.74) is 1.26. The van der Waals surface area contributed by atoms with Crippen molar-refractivity contribution in [2.75, 3.05) is 5.32 Å². The number of hydrogen-bond acceptors (Lipinski definition) is 3. The number of aryl methyl sites for hydroxylation is 1. The van der Waals surface area contributed by atoms with Gasteiger partial charge in [-0.3, -0.25) is 9.59 Å². The second kappa shape index (κ2) is 6.60. The smallest absolute Gasteiger partial charge is 0.228 e. The first-order chi connectivity index (χ1) is 11.1. The second-order valence-corrected chi connectivity index (χ2v) is 5.74. The Morgan fingerprint density at radius 2 is 2.00 bits per heavy atom. The van der Waals surface area contributed by atoms with Crippen molar-refractivity contribution in [2.24, 2.45) is 13.0 Å². The van der Waals surface area contributed by atoms with E-state index in [0.29, 0.717) is 17.1 Å². The van der Waals surface area contributed by atoms with E-state index in [9.17, 15) is 9.59 Å². The predicted octanol–water partition coefficient (Wildman–Crippen LogP) is 2.95. The van der Waals surface area contributed by atoms with Crippen molar-refractivity contribution in [3.8, 4) is 0 Å². The number of carbonyl (C=O) groups excluding carboxylic acids is 2. The second-order valence-electron chi connectivity index (χ2n) is 5.74. The van der Waals surface area contributed by atoms with Crippen LogP contribution in [0.4, 0.5) is 5.69 Å². The zero-order chi connectivity index (χ0) is 16.2. The van der Waals surface area contributed by atoms with Gasteiger partial charge in [-0.25, -0.2) is 4.98 Å². The summed E-state index contributed by atoms with van der Waals surface area (Å²) in [5.74, 6) is 0.343. The van der Waals surface area contributed by atoms with Crippen LogP contribution in [0, 0.1) is 5.92 Å². The van der Waals surface area contributed by atoms with Gasteiger partial charge < -0.3 is 9.88 Å². The number of nitrogens with one attached hydrogen (secondary N) is 1. The van der Waals surface area contributed by atoms with Crippen LogP contribution in [0.3, 0.4) is 0 Å². The van der Waals surface area contributed by atoms with Crippen LogP contribution in [-0.4, -0.2) is 21.2 Å². The van der Waals surface area contributed by atoms with Crippen molar-refractivity contribution in [3.05, 3.63) is 60.2 Å². The van der Waals surface area contributed by atoms with E-state index in [1.807, 2.05) is 0 Å². The van der Waals surface area contributed by atoms with Crippen LogP contribution in [0.2, 0.25) is 0 Å². The Labute approximate surface area is 135 Å². The van der Waals surface area contributed by atoms with Gasteiger partial charge in [0.05, 0.1) is 0 Å². The molecule has 0 saturated heterocycles. The van der Waals surface area contributed by atoms with Gasteiger partial charge in [-0.2, -0.15) is 0 Å². The molecule has 5 heteroatoms. The van der Waals surface area contributed by atoms with Crippen molar-refractivity contribution in [2.45, 2.75) is 19.3 Å². The minimum absolute atomic E-state index is 0.0360. The molecule has 5 nitrogen and oxygen atoms in total. The fourth-order valence-corrected chi connectivity index (χ4v) is 2.69. The molecule has 0 fully saturated rings. The van der Waals surface area contributed by atoms with E-state index in [0.717, 1.165) is 19.3 Å². The molecule has 1 heterocycles. The number of carbonyl (C=O) groups is 2. The van der Waals surface area contributed by atoms with Gasteiger partial charge in [-0.05, 0) is 43.5 Å². The topological polar surface area (TPSA) is 64.0 Å². The normalized spacial score (nSPS) is 17.0. The highest BCUT2D eigenvalue weighted by Crippen LogP contribution is 2.20. The lowest BCUT2D eigenvalue weighted by Crippen LogP contribution is -2.23. The molecule has 3 rings (SSSR count). The Kier molecular flexibility index (Phi) is 4.37. The maximum atomic E-state index is 12.3. The summed E-state index contributed by atoms with van der Waals surface area (Å²) in [4.78, 5) is 28.6. The first-order valence-electron chi connectivity index (χ1n) is 7.73. The Morgan fingerprint density at radius 3 is 2.61 bits per heavy atom. The number of allylic oxidation sites excluding steroid dienone is 2. The quantitative estimate of drug-likeness (QED) is 0.697. The minimum Gasteiger partial charge on any atom is -0.331 e. The third kappa shape index (κ3) is 3.39. The lowest BCUT2D eigenvalue weighted by molar-refractivity contribution is -0.120. The van der Waals surface area contributed by atoms with E-state index in [4.69, 9.17) is 0 Å². The number of anilines is 1. The molecular formula is C18H19N3O2. The zero-order valence-corrected chi connectivity index (χ0v) is 13.0. The van der Waals surface area contributed by atoms with Crippen molar-refractivity contribution < 1.29 is 9.59 Å². The lowest BCUT2D eigenvalue weighted by Gasteiger charge is -2.17. The Bertz CT molecular complexity index is 744. The molecule has 1 aromatic carbocycles. The van der Waals surface area contributed by atoms with Crippen LogP contribution >= 0.6 is 0 Å². The fourth-order valence-electron chi connectivity index (χ4n) is 2.69. The van der Waals surface area contributed by atoms with E-state index in [1.165, 1.54) is 0 Å². The number of aromatic nitrogens is 2. The van der Waals surface area contributed by atoms with Gasteiger partial charge >= 0.3 is 0 Å². The van der Waals surface area contributed by atoms with Crippen molar-refractivity contribution in [1.29, 1.82) is 0 Å². The number of nitrogens with zero attached hydrogens (tertiary/aromatic N) is 2. The number of imidazole rings is 1. The molecular weight excluding hydrogens is 290 g/mol. The van der Waals surface area contributed by atoms with Gasteiger partial charge in [0, 0.05) is 36.6 Å². The van der Waals surface area contributed by atoms with Gasteiger partial charge in [0.2, 0.25) is 11.7 Å². The highest BCUT2D eigenvalue weighted by Gasteiger charge is 2.19. The zero-order valence-electron chi connectivity index (χ0n) is 13.0. The molecule has 1 aromatic heterocycles. The number of hydrogen-bond donors (Lipinski definition) is 1. The average Bonchev–Trinajstić information content (AvgIpc) is 3.02.